The fourth-order valence-electron chi connectivity index (χ4n) is 2.16. The predicted molar refractivity (Wildman–Crippen MR) is 73.4 cm³/mol. The number of nitrogens with one attached hydrogen (secondary N) is 1. The molecule has 0 saturated heterocycles. The Balaban J connectivity index is 2.28. The lowest BCUT2D eigenvalue weighted by molar-refractivity contribution is -0.0498. The van der Waals surface area contributed by atoms with Gasteiger partial charge in [0.15, 0.2) is 0 Å². The standard InChI is InChI=1S/C15H15F3N2O/c1-9-6-11(8-12(16)7-9)14(20-19)10-2-4-13(5-3-10)21-15(17)18/h2-8,14-15,20H,19H2,1H3. The maximum Gasteiger partial charge on any atom is 0.387 e. The van der Waals surface area contributed by atoms with Gasteiger partial charge in [0.1, 0.15) is 11.6 Å². The molecule has 0 amide bonds. The first-order chi connectivity index (χ1) is 9.99. The second-order valence-electron chi connectivity index (χ2n) is 4.61. The van der Waals surface area contributed by atoms with Crippen LogP contribution in [0.3, 0.4) is 0 Å². The highest BCUT2D eigenvalue weighted by Gasteiger charge is 2.14. The van der Waals surface area contributed by atoms with E-state index in [1.165, 1.54) is 24.3 Å². The van der Waals surface area contributed by atoms with E-state index in [9.17, 15) is 13.2 Å². The predicted octanol–water partition coefficient (Wildman–Crippen LogP) is 3.29. The number of hydrazine groups is 1. The fourth-order valence-corrected chi connectivity index (χ4v) is 2.16. The number of ether oxygens (including phenoxy) is 1. The number of rotatable bonds is 5. The normalized spacial score (nSPS) is 12.5. The van der Waals surface area contributed by atoms with Gasteiger partial charge in [0, 0.05) is 0 Å². The third-order valence-corrected chi connectivity index (χ3v) is 3.00. The van der Waals surface area contributed by atoms with Gasteiger partial charge in [-0.2, -0.15) is 8.78 Å². The molecular weight excluding hydrogens is 281 g/mol. The summed E-state index contributed by atoms with van der Waals surface area (Å²) in [6.07, 6.45) is 0. The summed E-state index contributed by atoms with van der Waals surface area (Å²) in [6.45, 7) is -1.09. The van der Waals surface area contributed by atoms with Crippen molar-refractivity contribution in [3.8, 4) is 5.75 Å². The summed E-state index contributed by atoms with van der Waals surface area (Å²) in [5.74, 6) is 5.23. The molecule has 0 aliphatic heterocycles. The van der Waals surface area contributed by atoms with Crippen molar-refractivity contribution >= 4 is 0 Å². The summed E-state index contributed by atoms with van der Waals surface area (Å²) in [5.41, 5.74) is 4.72. The lowest BCUT2D eigenvalue weighted by atomic mass is 9.97. The number of benzene rings is 2. The Kier molecular flexibility index (Phi) is 4.82. The Bertz CT molecular complexity index is 582. The van der Waals surface area contributed by atoms with Crippen LogP contribution in [0.15, 0.2) is 42.5 Å². The van der Waals surface area contributed by atoms with E-state index in [2.05, 4.69) is 10.2 Å². The monoisotopic (exact) mass is 296 g/mol. The molecule has 0 heterocycles. The van der Waals surface area contributed by atoms with Gasteiger partial charge in [0.25, 0.3) is 0 Å². The Morgan fingerprint density at radius 1 is 1.05 bits per heavy atom. The molecule has 2 aromatic rings. The first-order valence-corrected chi connectivity index (χ1v) is 6.27. The Morgan fingerprint density at radius 2 is 1.71 bits per heavy atom. The lowest BCUT2D eigenvalue weighted by Crippen LogP contribution is -2.29. The molecule has 112 valence electrons. The van der Waals surface area contributed by atoms with Crippen molar-refractivity contribution in [2.24, 2.45) is 5.84 Å². The topological polar surface area (TPSA) is 47.3 Å². The van der Waals surface area contributed by atoms with Gasteiger partial charge in [-0.1, -0.05) is 18.2 Å². The number of hydrogen-bond donors (Lipinski definition) is 2. The van der Waals surface area contributed by atoms with E-state index >= 15 is 0 Å². The molecular formula is C15H15F3N2O. The molecule has 0 fully saturated rings. The van der Waals surface area contributed by atoms with Crippen LogP contribution in [0, 0.1) is 12.7 Å². The lowest BCUT2D eigenvalue weighted by Gasteiger charge is -2.18. The zero-order valence-corrected chi connectivity index (χ0v) is 11.3. The summed E-state index contributed by atoms with van der Waals surface area (Å²) in [5, 5.41) is 0. The van der Waals surface area contributed by atoms with Crippen LogP contribution < -0.4 is 16.0 Å². The average molecular weight is 296 g/mol. The van der Waals surface area contributed by atoms with Gasteiger partial charge >= 0.3 is 6.61 Å². The van der Waals surface area contributed by atoms with Crippen molar-refractivity contribution in [2.45, 2.75) is 19.6 Å². The minimum atomic E-state index is -2.87. The smallest absolute Gasteiger partial charge is 0.387 e. The maximum absolute atomic E-state index is 13.5. The second kappa shape index (κ2) is 6.60. The van der Waals surface area contributed by atoms with Gasteiger partial charge in [-0.15, -0.1) is 0 Å². The number of nitrogens with two attached hydrogens (primary N) is 1. The zero-order chi connectivity index (χ0) is 15.4. The van der Waals surface area contributed by atoms with Crippen molar-refractivity contribution in [1.29, 1.82) is 0 Å². The van der Waals surface area contributed by atoms with Crippen molar-refractivity contribution in [3.63, 3.8) is 0 Å². The molecule has 21 heavy (non-hydrogen) atoms. The number of hydrogen-bond acceptors (Lipinski definition) is 3. The van der Waals surface area contributed by atoms with Crippen LogP contribution in [0.4, 0.5) is 13.2 Å². The summed E-state index contributed by atoms with van der Waals surface area (Å²) in [7, 11) is 0. The van der Waals surface area contributed by atoms with Crippen molar-refractivity contribution < 1.29 is 17.9 Å². The van der Waals surface area contributed by atoms with Gasteiger partial charge in [-0.25, -0.2) is 9.82 Å². The molecule has 2 aromatic carbocycles. The molecule has 3 nitrogen and oxygen atoms in total. The van der Waals surface area contributed by atoms with Crippen LogP contribution >= 0.6 is 0 Å². The first-order valence-electron chi connectivity index (χ1n) is 6.27. The van der Waals surface area contributed by atoms with Gasteiger partial charge in [-0.3, -0.25) is 5.84 Å². The minimum absolute atomic E-state index is 0.0555. The molecule has 0 aromatic heterocycles. The third-order valence-electron chi connectivity index (χ3n) is 3.00. The van der Waals surface area contributed by atoms with E-state index in [1.807, 2.05) is 0 Å². The number of halogens is 3. The molecule has 3 N–H and O–H groups in total. The Labute approximate surface area is 120 Å². The quantitative estimate of drug-likeness (QED) is 0.657. The molecule has 0 aliphatic rings. The summed E-state index contributed by atoms with van der Waals surface area (Å²) in [4.78, 5) is 0. The van der Waals surface area contributed by atoms with Crippen molar-refractivity contribution in [1.82, 2.24) is 5.43 Å². The fraction of sp³-hybridized carbons (Fsp3) is 0.200. The largest absolute Gasteiger partial charge is 0.435 e. The van der Waals surface area contributed by atoms with Gasteiger partial charge < -0.3 is 4.74 Å². The van der Waals surface area contributed by atoms with Gasteiger partial charge in [0.2, 0.25) is 0 Å². The van der Waals surface area contributed by atoms with E-state index in [1.54, 1.807) is 25.1 Å². The van der Waals surface area contributed by atoms with Crippen molar-refractivity contribution in [3.05, 3.63) is 65.0 Å². The van der Waals surface area contributed by atoms with E-state index < -0.39 is 12.7 Å². The molecule has 1 atom stereocenters. The molecule has 0 bridgehead atoms. The molecule has 2 rings (SSSR count). The zero-order valence-electron chi connectivity index (χ0n) is 11.3. The van der Waals surface area contributed by atoms with E-state index in [0.29, 0.717) is 11.1 Å². The minimum Gasteiger partial charge on any atom is -0.435 e. The highest BCUT2D eigenvalue weighted by molar-refractivity contribution is 5.37. The molecule has 0 spiro atoms. The Morgan fingerprint density at radius 3 is 2.24 bits per heavy atom. The number of aryl methyl sites for hydroxylation is 1. The maximum atomic E-state index is 13.5. The average Bonchev–Trinajstić information content (AvgIpc) is 2.40. The highest BCUT2D eigenvalue weighted by Crippen LogP contribution is 2.25. The van der Waals surface area contributed by atoms with Crippen LogP contribution in [0.5, 0.6) is 5.75 Å². The SMILES string of the molecule is Cc1cc(F)cc(C(NN)c2ccc(OC(F)F)cc2)c1. The Hall–Kier alpha value is -2.05. The van der Waals surface area contributed by atoms with Crippen LogP contribution in [-0.2, 0) is 0 Å². The first kappa shape index (κ1) is 15.3. The number of alkyl halides is 2. The molecule has 0 saturated carbocycles. The summed E-state index contributed by atoms with van der Waals surface area (Å²) < 4.78 is 42.0. The van der Waals surface area contributed by atoms with Crippen LogP contribution in [0.2, 0.25) is 0 Å². The summed E-state index contributed by atoms with van der Waals surface area (Å²) >= 11 is 0. The van der Waals surface area contributed by atoms with Crippen LogP contribution in [-0.4, -0.2) is 6.61 Å². The van der Waals surface area contributed by atoms with E-state index in [4.69, 9.17) is 5.84 Å². The van der Waals surface area contributed by atoms with Crippen LogP contribution in [0.25, 0.3) is 0 Å². The molecule has 0 aliphatic carbocycles. The third kappa shape index (κ3) is 3.96. The van der Waals surface area contributed by atoms with Crippen molar-refractivity contribution in [2.75, 3.05) is 0 Å². The summed E-state index contributed by atoms with van der Waals surface area (Å²) in [6, 6.07) is 10.2. The second-order valence-corrected chi connectivity index (χ2v) is 4.61. The van der Waals surface area contributed by atoms with Gasteiger partial charge in [0.05, 0.1) is 6.04 Å². The van der Waals surface area contributed by atoms with E-state index in [0.717, 1.165) is 5.56 Å². The van der Waals surface area contributed by atoms with E-state index in [-0.39, 0.29) is 11.6 Å². The highest BCUT2D eigenvalue weighted by atomic mass is 19.3. The molecule has 1 unspecified atom stereocenters. The molecule has 0 radical (unpaired) electrons. The van der Waals surface area contributed by atoms with Crippen LogP contribution in [0.1, 0.15) is 22.7 Å². The molecule has 6 heteroatoms. The van der Waals surface area contributed by atoms with Gasteiger partial charge in [-0.05, 0) is 47.9 Å².